The molecular weight excluding hydrogens is 512 g/mol. The Kier molecular flexibility index (Phi) is 8.42. The minimum atomic E-state index is -2.27. The molecule has 11 nitrogen and oxygen atoms in total. The van der Waals surface area contributed by atoms with Crippen LogP contribution in [-0.2, 0) is 38.1 Å². The van der Waals surface area contributed by atoms with Crippen molar-refractivity contribution in [1.82, 2.24) is 0 Å². The summed E-state index contributed by atoms with van der Waals surface area (Å²) >= 11 is 0. The van der Waals surface area contributed by atoms with E-state index in [4.69, 9.17) is 18.9 Å². The van der Waals surface area contributed by atoms with Gasteiger partial charge in [-0.25, -0.2) is 14.4 Å². The van der Waals surface area contributed by atoms with E-state index >= 15 is 0 Å². The first-order chi connectivity index (χ1) is 18.1. The Hall–Kier alpha value is -2.76. The Labute approximate surface area is 228 Å². The van der Waals surface area contributed by atoms with Gasteiger partial charge in [-0.15, -0.1) is 0 Å². The second kappa shape index (κ2) is 10.7. The highest BCUT2D eigenvalue weighted by Gasteiger charge is 2.84. The number of ketones is 1. The Morgan fingerprint density at radius 1 is 1.18 bits per heavy atom. The molecule has 1 aliphatic carbocycles. The van der Waals surface area contributed by atoms with Gasteiger partial charge in [0.1, 0.15) is 12.2 Å². The van der Waals surface area contributed by atoms with Crippen molar-refractivity contribution in [2.75, 3.05) is 13.7 Å². The Balaban J connectivity index is 2.24. The van der Waals surface area contributed by atoms with E-state index in [9.17, 15) is 34.5 Å². The molecule has 9 atom stereocenters. The predicted octanol–water partition coefficient (Wildman–Crippen LogP) is 1.79. The number of hydrogen-bond acceptors (Lipinski definition) is 11. The molecule has 3 aliphatic rings. The molecule has 218 valence electrons. The van der Waals surface area contributed by atoms with Crippen LogP contribution in [0.15, 0.2) is 23.5 Å². The number of cyclic esters (lactones) is 1. The van der Waals surface area contributed by atoms with Gasteiger partial charge in [-0.05, 0) is 38.7 Å². The van der Waals surface area contributed by atoms with E-state index in [0.717, 1.165) is 7.11 Å². The zero-order chi connectivity index (χ0) is 29.7. The van der Waals surface area contributed by atoms with E-state index in [-0.39, 0.29) is 18.9 Å². The van der Waals surface area contributed by atoms with E-state index < -0.39 is 82.1 Å². The minimum Gasteiger partial charge on any atom is -0.505 e. The molecule has 3 N–H and O–H groups in total. The van der Waals surface area contributed by atoms with E-state index in [1.807, 2.05) is 13.8 Å². The monoisotopic (exact) mass is 552 g/mol. The van der Waals surface area contributed by atoms with Crippen LogP contribution in [0.25, 0.3) is 0 Å². The van der Waals surface area contributed by atoms with Crippen LogP contribution in [0.5, 0.6) is 0 Å². The number of methoxy groups -OCH3 is 1. The van der Waals surface area contributed by atoms with Crippen molar-refractivity contribution >= 4 is 23.7 Å². The molecule has 1 saturated carbocycles. The summed E-state index contributed by atoms with van der Waals surface area (Å²) in [5.41, 5.74) is -4.43. The standard InChI is InChI=1S/C28H40O11/c1-9-17(29)18(30)11-15(5)26(7)22(32)23(33)28(25(35)36-8)21-20(39-19(31)10-14(4)13(2)3)24(34)38-16(6)27(21,26)12-37-28/h9-10,13,15-16,20-23,29,32-33H,11-12H2,1-8H3/b14-10+,17-9-/t15-,16?,20+,21?,22-,23-,26-,27-,28-/m0/s1. The van der Waals surface area contributed by atoms with Gasteiger partial charge in [0.15, 0.2) is 11.5 Å². The number of hydrogen-bond donors (Lipinski definition) is 3. The van der Waals surface area contributed by atoms with Crippen LogP contribution in [0, 0.1) is 28.6 Å². The lowest BCUT2D eigenvalue weighted by molar-refractivity contribution is -0.286. The van der Waals surface area contributed by atoms with E-state index in [1.54, 1.807) is 27.7 Å². The maximum atomic E-state index is 13.3. The van der Waals surface area contributed by atoms with Crippen molar-refractivity contribution < 1.29 is 53.4 Å². The quantitative estimate of drug-likeness (QED) is 0.174. The number of aliphatic hydroxyl groups is 3. The number of carbonyl (C=O) groups is 4. The van der Waals surface area contributed by atoms with Crippen LogP contribution in [0.1, 0.15) is 54.9 Å². The Morgan fingerprint density at radius 2 is 1.79 bits per heavy atom. The van der Waals surface area contributed by atoms with Gasteiger partial charge in [-0.2, -0.15) is 0 Å². The molecule has 2 unspecified atom stereocenters. The van der Waals surface area contributed by atoms with Gasteiger partial charge in [0.05, 0.1) is 25.7 Å². The lowest BCUT2D eigenvalue weighted by Gasteiger charge is -2.64. The second-order valence-electron chi connectivity index (χ2n) is 11.4. The molecule has 3 fully saturated rings. The highest BCUT2D eigenvalue weighted by molar-refractivity contribution is 5.93. The Morgan fingerprint density at radius 3 is 2.33 bits per heavy atom. The van der Waals surface area contributed by atoms with Crippen LogP contribution in [0.2, 0.25) is 0 Å². The van der Waals surface area contributed by atoms with Crippen LogP contribution < -0.4 is 0 Å². The second-order valence-corrected chi connectivity index (χ2v) is 11.4. The number of allylic oxidation sites excluding steroid dienone is 3. The highest BCUT2D eigenvalue weighted by atomic mass is 16.6. The van der Waals surface area contributed by atoms with Crippen LogP contribution in [-0.4, -0.2) is 82.7 Å². The molecule has 2 heterocycles. The van der Waals surface area contributed by atoms with Crippen molar-refractivity contribution in [1.29, 1.82) is 0 Å². The first-order valence-corrected chi connectivity index (χ1v) is 13.1. The van der Waals surface area contributed by atoms with Crippen molar-refractivity contribution in [3.63, 3.8) is 0 Å². The molecule has 3 rings (SSSR count). The van der Waals surface area contributed by atoms with Crippen molar-refractivity contribution in [3.8, 4) is 0 Å². The van der Waals surface area contributed by atoms with Gasteiger partial charge < -0.3 is 34.3 Å². The summed E-state index contributed by atoms with van der Waals surface area (Å²) in [6, 6.07) is 0. The number of aliphatic hydroxyl groups excluding tert-OH is 3. The summed E-state index contributed by atoms with van der Waals surface area (Å²) in [6.45, 7) is 11.6. The van der Waals surface area contributed by atoms with Gasteiger partial charge in [-0.1, -0.05) is 33.3 Å². The topological polar surface area (TPSA) is 166 Å². The fourth-order valence-corrected chi connectivity index (χ4v) is 6.78. The summed E-state index contributed by atoms with van der Waals surface area (Å²) in [4.78, 5) is 52.3. The maximum absolute atomic E-state index is 13.3. The third-order valence-corrected chi connectivity index (χ3v) is 9.55. The van der Waals surface area contributed by atoms with E-state index in [0.29, 0.717) is 5.57 Å². The molecule has 39 heavy (non-hydrogen) atoms. The van der Waals surface area contributed by atoms with E-state index in [2.05, 4.69) is 0 Å². The molecule has 11 heteroatoms. The molecule has 0 aromatic heterocycles. The predicted molar refractivity (Wildman–Crippen MR) is 136 cm³/mol. The van der Waals surface area contributed by atoms with E-state index in [1.165, 1.54) is 19.1 Å². The van der Waals surface area contributed by atoms with Crippen molar-refractivity contribution in [3.05, 3.63) is 23.5 Å². The minimum absolute atomic E-state index is 0.0186. The zero-order valence-corrected chi connectivity index (χ0v) is 23.7. The summed E-state index contributed by atoms with van der Waals surface area (Å²) in [5, 5.41) is 33.2. The largest absolute Gasteiger partial charge is 0.505 e. The molecular formula is C28H40O11. The van der Waals surface area contributed by atoms with Gasteiger partial charge in [0.25, 0.3) is 0 Å². The summed E-state index contributed by atoms with van der Waals surface area (Å²) in [5.74, 6) is -5.94. The number of esters is 3. The van der Waals surface area contributed by atoms with Crippen LogP contribution >= 0.6 is 0 Å². The van der Waals surface area contributed by atoms with Crippen LogP contribution in [0.4, 0.5) is 0 Å². The lowest BCUT2D eigenvalue weighted by Crippen LogP contribution is -2.78. The third-order valence-electron chi connectivity index (χ3n) is 9.55. The third kappa shape index (κ3) is 4.29. The number of Topliss-reactive ketones (excluding diaryl/α,β-unsaturated/α-hetero) is 1. The molecule has 2 aliphatic heterocycles. The molecule has 0 radical (unpaired) electrons. The van der Waals surface area contributed by atoms with Crippen molar-refractivity contribution in [2.45, 2.75) is 84.9 Å². The SMILES string of the molecule is C/C=C(\O)C(=O)C[C@H](C)[C@@]1(C)[C@@H](O)[C@H](O)[C@@]2(C(=O)OC)OC[C@@]13C(C)OC(=O)[C@H](OC(=O)/C=C(\C)C(C)C)C32. The average Bonchev–Trinajstić information content (AvgIpc) is 3.23. The molecule has 0 aromatic carbocycles. The molecule has 0 amide bonds. The van der Waals surface area contributed by atoms with Gasteiger partial charge in [0.2, 0.25) is 11.7 Å². The summed E-state index contributed by atoms with van der Waals surface area (Å²) < 4.78 is 22.4. The maximum Gasteiger partial charge on any atom is 0.348 e. The molecule has 0 aromatic rings. The van der Waals surface area contributed by atoms with Gasteiger partial charge in [0, 0.05) is 23.3 Å². The zero-order valence-electron chi connectivity index (χ0n) is 23.7. The molecule has 2 bridgehead atoms. The fourth-order valence-electron chi connectivity index (χ4n) is 6.78. The number of rotatable bonds is 8. The fraction of sp³-hybridized carbons (Fsp3) is 0.714. The van der Waals surface area contributed by atoms with Crippen LogP contribution in [0.3, 0.4) is 0 Å². The number of carbonyl (C=O) groups excluding carboxylic acids is 4. The number of ether oxygens (including phenoxy) is 4. The molecule has 0 spiro atoms. The highest BCUT2D eigenvalue weighted by Crippen LogP contribution is 2.70. The smallest absolute Gasteiger partial charge is 0.348 e. The lowest BCUT2D eigenvalue weighted by atomic mass is 9.41. The first kappa shape index (κ1) is 30.8. The first-order valence-electron chi connectivity index (χ1n) is 13.1. The summed E-state index contributed by atoms with van der Waals surface area (Å²) in [7, 11) is 1.08. The molecule has 2 saturated heterocycles. The van der Waals surface area contributed by atoms with Gasteiger partial charge in [-0.3, -0.25) is 4.79 Å². The summed E-state index contributed by atoms with van der Waals surface area (Å²) in [6.07, 6.45) is -4.02. The van der Waals surface area contributed by atoms with Gasteiger partial charge >= 0.3 is 17.9 Å². The van der Waals surface area contributed by atoms with Crippen molar-refractivity contribution in [2.24, 2.45) is 28.6 Å². The Bertz CT molecular complexity index is 1090. The normalized spacial score (nSPS) is 39.1. The average molecular weight is 553 g/mol.